The molecule has 4 rings (SSSR count). The van der Waals surface area contributed by atoms with E-state index in [0.717, 1.165) is 32.4 Å². The van der Waals surface area contributed by atoms with Gasteiger partial charge >= 0.3 is 0 Å². The second-order valence-electron chi connectivity index (χ2n) is 6.78. The fourth-order valence-corrected chi connectivity index (χ4v) is 4.86. The number of fused-ring (bicyclic) bond motifs is 2. The van der Waals surface area contributed by atoms with E-state index in [-0.39, 0.29) is 11.8 Å². The Balaban J connectivity index is 1.30. The van der Waals surface area contributed by atoms with Gasteiger partial charge < -0.3 is 0 Å². The first-order valence-electron chi connectivity index (χ1n) is 8.92. The molecule has 3 heterocycles. The minimum Gasteiger partial charge on any atom is -0.296 e. The standard InChI is InChI=1S/C20H22N2O2S/c1-14-15-9-13-25-18(15)8-12-21(14)10-4-5-11-22-19(23)16-6-2-3-7-17(16)20(22)24/h2-3,6-7,9,13-14H,4-5,8,10-12H2,1H3. The van der Waals surface area contributed by atoms with E-state index in [4.69, 9.17) is 0 Å². The minimum atomic E-state index is -0.144. The number of hydrogen-bond donors (Lipinski definition) is 0. The maximum Gasteiger partial charge on any atom is 0.261 e. The van der Waals surface area contributed by atoms with Crippen molar-refractivity contribution in [1.29, 1.82) is 0 Å². The Labute approximate surface area is 152 Å². The van der Waals surface area contributed by atoms with Gasteiger partial charge in [-0.15, -0.1) is 11.3 Å². The van der Waals surface area contributed by atoms with Crippen LogP contribution >= 0.6 is 11.3 Å². The summed E-state index contributed by atoms with van der Waals surface area (Å²) >= 11 is 1.86. The van der Waals surface area contributed by atoms with Gasteiger partial charge in [0.15, 0.2) is 0 Å². The Morgan fingerprint density at radius 2 is 1.72 bits per heavy atom. The van der Waals surface area contributed by atoms with Crippen molar-refractivity contribution < 1.29 is 9.59 Å². The molecule has 5 heteroatoms. The molecule has 0 saturated carbocycles. The van der Waals surface area contributed by atoms with E-state index in [9.17, 15) is 9.59 Å². The molecule has 1 aromatic carbocycles. The molecule has 130 valence electrons. The molecule has 2 amide bonds. The van der Waals surface area contributed by atoms with Crippen LogP contribution in [0.25, 0.3) is 0 Å². The second-order valence-corrected chi connectivity index (χ2v) is 7.78. The number of unbranched alkanes of at least 4 members (excludes halogenated alkanes) is 1. The molecule has 0 bridgehead atoms. The average molecular weight is 354 g/mol. The van der Waals surface area contributed by atoms with Crippen molar-refractivity contribution >= 4 is 23.2 Å². The normalized spacial score (nSPS) is 20.0. The van der Waals surface area contributed by atoms with Crippen molar-refractivity contribution in [2.24, 2.45) is 0 Å². The van der Waals surface area contributed by atoms with Gasteiger partial charge in [0, 0.05) is 24.0 Å². The first-order chi connectivity index (χ1) is 12.2. The molecule has 25 heavy (non-hydrogen) atoms. The van der Waals surface area contributed by atoms with Crippen LogP contribution in [-0.2, 0) is 6.42 Å². The molecule has 0 aliphatic carbocycles. The summed E-state index contributed by atoms with van der Waals surface area (Å²) in [5, 5.41) is 2.19. The van der Waals surface area contributed by atoms with Gasteiger partial charge in [0.2, 0.25) is 0 Å². The summed E-state index contributed by atoms with van der Waals surface area (Å²) in [6, 6.07) is 9.81. The molecule has 0 radical (unpaired) electrons. The third-order valence-corrected chi connectivity index (χ3v) is 6.36. The number of nitrogens with zero attached hydrogens (tertiary/aromatic N) is 2. The summed E-state index contributed by atoms with van der Waals surface area (Å²) in [6.45, 7) is 4.90. The van der Waals surface area contributed by atoms with Gasteiger partial charge in [-0.1, -0.05) is 12.1 Å². The molecular weight excluding hydrogens is 332 g/mol. The van der Waals surface area contributed by atoms with Gasteiger partial charge in [-0.3, -0.25) is 19.4 Å². The summed E-state index contributed by atoms with van der Waals surface area (Å²) in [4.78, 5) is 30.2. The van der Waals surface area contributed by atoms with Gasteiger partial charge in [-0.2, -0.15) is 0 Å². The Hall–Kier alpha value is -1.98. The van der Waals surface area contributed by atoms with Crippen LogP contribution in [0.15, 0.2) is 35.7 Å². The maximum atomic E-state index is 12.4. The molecule has 1 unspecified atom stereocenters. The molecule has 0 saturated heterocycles. The number of carbonyl (C=O) groups is 2. The number of thiophene rings is 1. The van der Waals surface area contributed by atoms with Crippen molar-refractivity contribution in [3.05, 3.63) is 57.3 Å². The van der Waals surface area contributed by atoms with Gasteiger partial charge in [-0.25, -0.2) is 0 Å². The lowest BCUT2D eigenvalue weighted by Gasteiger charge is -2.33. The van der Waals surface area contributed by atoms with E-state index < -0.39 is 0 Å². The van der Waals surface area contributed by atoms with Gasteiger partial charge in [0.1, 0.15) is 0 Å². The molecule has 0 fully saturated rings. The summed E-state index contributed by atoms with van der Waals surface area (Å²) < 4.78 is 0. The van der Waals surface area contributed by atoms with E-state index in [1.165, 1.54) is 15.3 Å². The number of hydrogen-bond acceptors (Lipinski definition) is 4. The molecule has 2 aromatic rings. The van der Waals surface area contributed by atoms with Gasteiger partial charge in [-0.05, 0) is 61.9 Å². The minimum absolute atomic E-state index is 0.144. The topological polar surface area (TPSA) is 40.6 Å². The van der Waals surface area contributed by atoms with Crippen molar-refractivity contribution in [1.82, 2.24) is 9.80 Å². The maximum absolute atomic E-state index is 12.4. The van der Waals surface area contributed by atoms with Crippen LogP contribution in [-0.4, -0.2) is 41.2 Å². The van der Waals surface area contributed by atoms with Crippen molar-refractivity contribution in [3.8, 4) is 0 Å². The average Bonchev–Trinajstić information content (AvgIpc) is 3.20. The zero-order valence-electron chi connectivity index (χ0n) is 14.4. The van der Waals surface area contributed by atoms with Crippen LogP contribution in [0.3, 0.4) is 0 Å². The molecule has 0 N–H and O–H groups in total. The van der Waals surface area contributed by atoms with Gasteiger partial charge in [0.25, 0.3) is 11.8 Å². The first-order valence-corrected chi connectivity index (χ1v) is 9.80. The predicted octanol–water partition coefficient (Wildman–Crippen LogP) is 3.74. The SMILES string of the molecule is CC1c2ccsc2CCN1CCCCN1C(=O)c2ccccc2C1=O. The summed E-state index contributed by atoms with van der Waals surface area (Å²) in [5.41, 5.74) is 2.56. The zero-order valence-corrected chi connectivity index (χ0v) is 15.2. The van der Waals surface area contributed by atoms with Crippen LogP contribution in [0, 0.1) is 0 Å². The number of amides is 2. The predicted molar refractivity (Wildman–Crippen MR) is 99.1 cm³/mol. The van der Waals surface area contributed by atoms with Crippen LogP contribution < -0.4 is 0 Å². The largest absolute Gasteiger partial charge is 0.296 e. The van der Waals surface area contributed by atoms with Crippen LogP contribution in [0.1, 0.15) is 57.0 Å². The quantitative estimate of drug-likeness (QED) is 0.607. The molecule has 2 aliphatic rings. The summed E-state index contributed by atoms with van der Waals surface area (Å²) in [7, 11) is 0. The zero-order chi connectivity index (χ0) is 17.4. The van der Waals surface area contributed by atoms with E-state index >= 15 is 0 Å². The Kier molecular flexibility index (Phi) is 4.44. The highest BCUT2D eigenvalue weighted by Crippen LogP contribution is 2.32. The number of carbonyl (C=O) groups excluding carboxylic acids is 2. The number of benzene rings is 1. The molecule has 1 aromatic heterocycles. The molecule has 4 nitrogen and oxygen atoms in total. The lowest BCUT2D eigenvalue weighted by molar-refractivity contribution is 0.0649. The van der Waals surface area contributed by atoms with Crippen molar-refractivity contribution in [3.63, 3.8) is 0 Å². The van der Waals surface area contributed by atoms with E-state index in [0.29, 0.717) is 23.7 Å². The molecule has 0 spiro atoms. The van der Waals surface area contributed by atoms with E-state index in [1.807, 2.05) is 23.5 Å². The van der Waals surface area contributed by atoms with E-state index in [2.05, 4.69) is 23.3 Å². The molecular formula is C20H22N2O2S. The lowest BCUT2D eigenvalue weighted by atomic mass is 10.0. The fraction of sp³-hybridized carbons (Fsp3) is 0.400. The third-order valence-electron chi connectivity index (χ3n) is 5.36. The number of rotatable bonds is 5. The second kappa shape index (κ2) is 6.73. The van der Waals surface area contributed by atoms with Crippen LogP contribution in [0.4, 0.5) is 0 Å². The Morgan fingerprint density at radius 3 is 2.44 bits per heavy atom. The Bertz CT molecular complexity index is 779. The highest BCUT2D eigenvalue weighted by atomic mass is 32.1. The molecule has 2 aliphatic heterocycles. The van der Waals surface area contributed by atoms with Crippen molar-refractivity contribution in [2.45, 2.75) is 32.2 Å². The lowest BCUT2D eigenvalue weighted by Crippen LogP contribution is -2.35. The molecule has 1 atom stereocenters. The summed E-state index contributed by atoms with van der Waals surface area (Å²) in [6.07, 6.45) is 2.98. The highest BCUT2D eigenvalue weighted by molar-refractivity contribution is 7.10. The third kappa shape index (κ3) is 2.92. The smallest absolute Gasteiger partial charge is 0.261 e. The van der Waals surface area contributed by atoms with Crippen LogP contribution in [0.5, 0.6) is 0 Å². The summed E-state index contributed by atoms with van der Waals surface area (Å²) in [5.74, 6) is -0.287. The Morgan fingerprint density at radius 1 is 1.04 bits per heavy atom. The first kappa shape index (κ1) is 16.5. The van der Waals surface area contributed by atoms with Crippen molar-refractivity contribution in [2.75, 3.05) is 19.6 Å². The van der Waals surface area contributed by atoms with E-state index in [1.54, 1.807) is 12.1 Å². The van der Waals surface area contributed by atoms with Crippen LogP contribution in [0.2, 0.25) is 0 Å². The monoisotopic (exact) mass is 354 g/mol. The fourth-order valence-electron chi connectivity index (χ4n) is 3.89. The van der Waals surface area contributed by atoms with Gasteiger partial charge in [0.05, 0.1) is 11.1 Å². The number of imide groups is 1. The highest BCUT2D eigenvalue weighted by Gasteiger charge is 2.34.